The van der Waals surface area contributed by atoms with Gasteiger partial charge in [-0.25, -0.2) is 9.37 Å². The summed E-state index contributed by atoms with van der Waals surface area (Å²) in [4.78, 5) is 8.13. The van der Waals surface area contributed by atoms with Crippen molar-refractivity contribution in [2.75, 3.05) is 6.79 Å². The van der Waals surface area contributed by atoms with Crippen molar-refractivity contribution in [1.82, 2.24) is 15.3 Å². The third kappa shape index (κ3) is 3.31. The zero-order valence-electron chi connectivity index (χ0n) is 15.2. The molecule has 5 rings (SSSR count). The molecule has 0 amide bonds. The number of hydrogen-bond acceptors (Lipinski definition) is 4. The fraction of sp³-hybridized carbons (Fsp3) is 0.381. The van der Waals surface area contributed by atoms with Crippen molar-refractivity contribution in [3.63, 3.8) is 0 Å². The summed E-state index contributed by atoms with van der Waals surface area (Å²) in [7, 11) is 0. The van der Waals surface area contributed by atoms with Gasteiger partial charge in [0.2, 0.25) is 0 Å². The van der Waals surface area contributed by atoms with Crippen LogP contribution in [-0.2, 0) is 17.9 Å². The van der Waals surface area contributed by atoms with Crippen molar-refractivity contribution in [2.24, 2.45) is 0 Å². The summed E-state index contributed by atoms with van der Waals surface area (Å²) in [6.07, 6.45) is 2.46. The molecule has 2 N–H and O–H groups in total. The summed E-state index contributed by atoms with van der Waals surface area (Å²) in [6.45, 7) is 3.22. The van der Waals surface area contributed by atoms with Gasteiger partial charge in [0.1, 0.15) is 17.4 Å². The van der Waals surface area contributed by atoms with Crippen molar-refractivity contribution in [2.45, 2.75) is 44.9 Å². The maximum atomic E-state index is 13.9. The van der Waals surface area contributed by atoms with Crippen LogP contribution in [-0.4, -0.2) is 16.8 Å². The summed E-state index contributed by atoms with van der Waals surface area (Å²) in [5, 5.41) is 3.48. The van der Waals surface area contributed by atoms with Gasteiger partial charge in [-0.3, -0.25) is 0 Å². The molecule has 2 aromatic carbocycles. The van der Waals surface area contributed by atoms with Gasteiger partial charge < -0.3 is 19.8 Å². The number of nitrogens with zero attached hydrogens (tertiary/aromatic N) is 1. The quantitative estimate of drug-likeness (QED) is 0.706. The Morgan fingerprint density at radius 2 is 2.19 bits per heavy atom. The molecule has 0 bridgehead atoms. The van der Waals surface area contributed by atoms with Gasteiger partial charge in [-0.1, -0.05) is 6.07 Å². The van der Waals surface area contributed by atoms with Crippen molar-refractivity contribution in [3.8, 4) is 5.75 Å². The number of H-pyrrole nitrogens is 1. The molecule has 1 atom stereocenters. The number of aromatic amines is 1. The van der Waals surface area contributed by atoms with E-state index in [0.717, 1.165) is 33.7 Å². The van der Waals surface area contributed by atoms with Gasteiger partial charge in [0.15, 0.2) is 6.79 Å². The zero-order valence-corrected chi connectivity index (χ0v) is 15.2. The molecule has 1 aliphatic heterocycles. The van der Waals surface area contributed by atoms with E-state index in [-0.39, 0.29) is 18.7 Å². The molecule has 2 aliphatic rings. The Morgan fingerprint density at radius 1 is 1.30 bits per heavy atom. The van der Waals surface area contributed by atoms with E-state index in [1.165, 1.54) is 30.5 Å². The van der Waals surface area contributed by atoms with E-state index in [4.69, 9.17) is 9.47 Å². The Kier molecular flexibility index (Phi) is 4.10. The molecule has 2 heterocycles. The number of imidazole rings is 1. The van der Waals surface area contributed by atoms with Gasteiger partial charge in [0, 0.05) is 29.6 Å². The molecule has 1 fully saturated rings. The fourth-order valence-corrected chi connectivity index (χ4v) is 3.64. The molecule has 0 saturated heterocycles. The molecule has 6 heteroatoms. The molecule has 1 unspecified atom stereocenters. The van der Waals surface area contributed by atoms with E-state index in [2.05, 4.69) is 40.4 Å². The monoisotopic (exact) mass is 367 g/mol. The number of halogens is 1. The first kappa shape index (κ1) is 16.7. The van der Waals surface area contributed by atoms with E-state index in [1.807, 2.05) is 0 Å². The normalized spacial score (nSPS) is 17.6. The van der Waals surface area contributed by atoms with E-state index in [0.29, 0.717) is 19.1 Å². The summed E-state index contributed by atoms with van der Waals surface area (Å²) < 4.78 is 24.7. The fourth-order valence-electron chi connectivity index (χ4n) is 3.64. The van der Waals surface area contributed by atoms with Crippen LogP contribution in [0.4, 0.5) is 4.39 Å². The number of rotatable bonds is 5. The highest BCUT2D eigenvalue weighted by atomic mass is 19.1. The molecule has 1 saturated carbocycles. The van der Waals surface area contributed by atoms with E-state index in [9.17, 15) is 4.39 Å². The molecule has 3 aromatic rings. The van der Waals surface area contributed by atoms with Crippen LogP contribution in [0.5, 0.6) is 5.75 Å². The topological polar surface area (TPSA) is 59.2 Å². The first-order chi connectivity index (χ1) is 13.2. The van der Waals surface area contributed by atoms with Gasteiger partial charge in [0.05, 0.1) is 17.6 Å². The summed E-state index contributed by atoms with van der Waals surface area (Å²) >= 11 is 0. The first-order valence-corrected chi connectivity index (χ1v) is 9.42. The van der Waals surface area contributed by atoms with Crippen molar-refractivity contribution in [3.05, 3.63) is 58.7 Å². The van der Waals surface area contributed by atoms with Crippen LogP contribution in [0, 0.1) is 5.82 Å². The summed E-state index contributed by atoms with van der Waals surface area (Å²) in [5.74, 6) is 2.19. The average molecular weight is 367 g/mol. The van der Waals surface area contributed by atoms with Gasteiger partial charge in [-0.2, -0.15) is 0 Å². The maximum Gasteiger partial charge on any atom is 0.189 e. The molecular weight excluding hydrogens is 345 g/mol. The highest BCUT2D eigenvalue weighted by Gasteiger charge is 2.26. The SMILES string of the molecule is CC(NCc1cc(F)cc2c1OCOC2)c1ccc2nc(C3CC3)[nH]c2c1. The number of aromatic nitrogens is 2. The number of hydrogen-bond donors (Lipinski definition) is 2. The largest absolute Gasteiger partial charge is 0.467 e. The Morgan fingerprint density at radius 3 is 3.04 bits per heavy atom. The second kappa shape index (κ2) is 6.62. The minimum atomic E-state index is -0.265. The number of fused-ring (bicyclic) bond motifs is 2. The highest BCUT2D eigenvalue weighted by Crippen LogP contribution is 2.39. The second-order valence-electron chi connectivity index (χ2n) is 7.44. The smallest absolute Gasteiger partial charge is 0.189 e. The first-order valence-electron chi connectivity index (χ1n) is 9.42. The molecule has 1 aliphatic carbocycles. The number of benzene rings is 2. The summed E-state index contributed by atoms with van der Waals surface area (Å²) in [5.41, 5.74) is 4.84. The van der Waals surface area contributed by atoms with Crippen molar-refractivity contribution >= 4 is 11.0 Å². The Labute approximate surface area is 156 Å². The van der Waals surface area contributed by atoms with Crippen LogP contribution in [0.25, 0.3) is 11.0 Å². The molecule has 1 aromatic heterocycles. The third-order valence-electron chi connectivity index (χ3n) is 5.34. The lowest BCUT2D eigenvalue weighted by Crippen LogP contribution is -2.20. The second-order valence-corrected chi connectivity index (χ2v) is 7.44. The van der Waals surface area contributed by atoms with Crippen LogP contribution < -0.4 is 10.1 Å². The molecular formula is C21H22FN3O2. The van der Waals surface area contributed by atoms with Crippen LogP contribution >= 0.6 is 0 Å². The van der Waals surface area contributed by atoms with E-state index in [1.54, 1.807) is 0 Å². The lowest BCUT2D eigenvalue weighted by Gasteiger charge is -2.22. The van der Waals surface area contributed by atoms with Crippen molar-refractivity contribution in [1.29, 1.82) is 0 Å². The number of nitrogens with one attached hydrogen (secondary N) is 2. The zero-order chi connectivity index (χ0) is 18.4. The average Bonchev–Trinajstić information content (AvgIpc) is 3.44. The summed E-state index contributed by atoms with van der Waals surface area (Å²) in [6, 6.07) is 9.44. The van der Waals surface area contributed by atoms with Gasteiger partial charge in [-0.05, 0) is 49.6 Å². The van der Waals surface area contributed by atoms with Crippen LogP contribution in [0.15, 0.2) is 30.3 Å². The molecule has 27 heavy (non-hydrogen) atoms. The van der Waals surface area contributed by atoms with Gasteiger partial charge in [0.25, 0.3) is 0 Å². The third-order valence-corrected chi connectivity index (χ3v) is 5.34. The highest BCUT2D eigenvalue weighted by molar-refractivity contribution is 5.76. The molecule has 5 nitrogen and oxygen atoms in total. The maximum absolute atomic E-state index is 13.9. The molecule has 0 spiro atoms. The van der Waals surface area contributed by atoms with E-state index >= 15 is 0 Å². The Balaban J connectivity index is 1.34. The van der Waals surface area contributed by atoms with Crippen LogP contribution in [0.1, 0.15) is 54.2 Å². The van der Waals surface area contributed by atoms with Gasteiger partial charge >= 0.3 is 0 Å². The van der Waals surface area contributed by atoms with Crippen LogP contribution in [0.2, 0.25) is 0 Å². The standard InChI is InChI=1S/C21H22FN3O2/c1-12(14-4-5-18-19(8-14)25-21(24-18)13-2-3-13)23-9-15-6-17(22)7-16-10-26-11-27-20(15)16/h4-8,12-13,23H,2-3,9-11H2,1H3,(H,24,25). The Hall–Kier alpha value is -2.44. The lowest BCUT2D eigenvalue weighted by molar-refractivity contribution is -0.0173. The molecule has 140 valence electrons. The Bertz CT molecular complexity index is 997. The predicted octanol–water partition coefficient (Wildman–Crippen LogP) is 4.30. The minimum absolute atomic E-state index is 0.112. The van der Waals surface area contributed by atoms with Crippen LogP contribution in [0.3, 0.4) is 0 Å². The van der Waals surface area contributed by atoms with E-state index < -0.39 is 0 Å². The lowest BCUT2D eigenvalue weighted by atomic mass is 10.1. The van der Waals surface area contributed by atoms with Gasteiger partial charge in [-0.15, -0.1) is 0 Å². The predicted molar refractivity (Wildman–Crippen MR) is 100 cm³/mol. The number of ether oxygens (including phenoxy) is 2. The molecule has 0 radical (unpaired) electrons. The minimum Gasteiger partial charge on any atom is -0.467 e. The van der Waals surface area contributed by atoms with Crippen molar-refractivity contribution < 1.29 is 13.9 Å².